The van der Waals surface area contributed by atoms with Crippen molar-refractivity contribution in [3.05, 3.63) is 36.2 Å². The average Bonchev–Trinajstić information content (AvgIpc) is 3.09. The number of benzene rings is 1. The van der Waals surface area contributed by atoms with Gasteiger partial charge in [-0.15, -0.1) is 0 Å². The van der Waals surface area contributed by atoms with Gasteiger partial charge in [0.25, 0.3) is 5.89 Å². The van der Waals surface area contributed by atoms with Gasteiger partial charge in [-0.25, -0.2) is 4.39 Å². The molecule has 1 aliphatic rings. The number of halogens is 1. The zero-order chi connectivity index (χ0) is 16.3. The van der Waals surface area contributed by atoms with Crippen molar-refractivity contribution in [3.63, 3.8) is 0 Å². The van der Waals surface area contributed by atoms with Gasteiger partial charge in [-0.1, -0.05) is 49.3 Å². The van der Waals surface area contributed by atoms with Gasteiger partial charge in [0, 0.05) is 37.5 Å². The fraction of sp³-hybridized carbons (Fsp3) is 0.556. The molecule has 1 fully saturated rings. The summed E-state index contributed by atoms with van der Waals surface area (Å²) < 4.78 is 20.5. The van der Waals surface area contributed by atoms with E-state index in [1.807, 2.05) is 30.3 Å². The normalized spacial score (nSPS) is 18.4. The third-order valence-electron chi connectivity index (χ3n) is 4.89. The Balaban J connectivity index is 1.72. The summed E-state index contributed by atoms with van der Waals surface area (Å²) in [6.07, 6.45) is 3.04. The smallest absolute Gasteiger partial charge is 0.264 e. The number of nitrogens with zero attached hydrogens (tertiary/aromatic N) is 3. The Bertz CT molecular complexity index is 616. The van der Waals surface area contributed by atoms with E-state index in [2.05, 4.69) is 28.9 Å². The zero-order valence-electron chi connectivity index (χ0n) is 13.8. The Morgan fingerprint density at radius 1 is 1.17 bits per heavy atom. The van der Waals surface area contributed by atoms with Gasteiger partial charge in [0.1, 0.15) is 0 Å². The molecule has 2 aromatic rings. The summed E-state index contributed by atoms with van der Waals surface area (Å²) in [7, 11) is 0. The number of likely N-dealkylation sites (tertiary alicyclic amines) is 1. The van der Waals surface area contributed by atoms with Crippen molar-refractivity contribution in [2.45, 2.75) is 51.2 Å². The summed E-state index contributed by atoms with van der Waals surface area (Å²) in [4.78, 5) is 6.70. The van der Waals surface area contributed by atoms with E-state index >= 15 is 4.39 Å². The van der Waals surface area contributed by atoms with Crippen molar-refractivity contribution in [1.82, 2.24) is 15.0 Å². The topological polar surface area (TPSA) is 42.2 Å². The Morgan fingerprint density at radius 3 is 2.43 bits per heavy atom. The van der Waals surface area contributed by atoms with E-state index in [0.29, 0.717) is 24.7 Å². The molecule has 3 rings (SSSR count). The average molecular weight is 317 g/mol. The first-order chi connectivity index (χ1) is 11.2. The molecule has 1 saturated heterocycles. The molecule has 0 saturated carbocycles. The minimum atomic E-state index is -1.50. The second kappa shape index (κ2) is 6.79. The molecule has 0 N–H and O–H groups in total. The molecule has 5 heteroatoms. The molecule has 4 nitrogen and oxygen atoms in total. The SMILES string of the molecule is CCC(CC)N1CCC(F)(c2nc(-c3ccccc3)no2)CC1. The standard InChI is InChI=1S/C18H24FN3O/c1-3-15(4-2)22-12-10-18(19,11-13-22)17-20-16(21-23-17)14-8-6-5-7-9-14/h5-9,15H,3-4,10-13H2,1-2H3. The van der Waals surface area contributed by atoms with Crippen LogP contribution < -0.4 is 0 Å². The van der Waals surface area contributed by atoms with Crippen LogP contribution in [0.4, 0.5) is 4.39 Å². The molecule has 0 amide bonds. The molecule has 124 valence electrons. The number of hydrogen-bond acceptors (Lipinski definition) is 4. The van der Waals surface area contributed by atoms with Crippen molar-refractivity contribution in [2.75, 3.05) is 13.1 Å². The summed E-state index contributed by atoms with van der Waals surface area (Å²) in [6, 6.07) is 10.1. The maximum Gasteiger partial charge on any atom is 0.264 e. The van der Waals surface area contributed by atoms with Gasteiger partial charge >= 0.3 is 0 Å². The fourth-order valence-electron chi connectivity index (χ4n) is 3.37. The summed E-state index contributed by atoms with van der Waals surface area (Å²) in [5.74, 6) is 0.584. The molecule has 2 heterocycles. The number of piperidine rings is 1. The van der Waals surface area contributed by atoms with Gasteiger partial charge in [-0.2, -0.15) is 4.98 Å². The van der Waals surface area contributed by atoms with Gasteiger partial charge in [-0.05, 0) is 12.8 Å². The van der Waals surface area contributed by atoms with E-state index in [0.717, 1.165) is 31.5 Å². The van der Waals surface area contributed by atoms with E-state index < -0.39 is 5.67 Å². The van der Waals surface area contributed by atoms with Crippen LogP contribution in [0.2, 0.25) is 0 Å². The number of aromatic nitrogens is 2. The first-order valence-electron chi connectivity index (χ1n) is 8.49. The van der Waals surface area contributed by atoms with Crippen molar-refractivity contribution < 1.29 is 8.91 Å². The fourth-order valence-corrected chi connectivity index (χ4v) is 3.37. The van der Waals surface area contributed by atoms with Gasteiger partial charge in [0.15, 0.2) is 5.67 Å². The Labute approximate surface area is 136 Å². The van der Waals surface area contributed by atoms with Crippen LogP contribution in [0.1, 0.15) is 45.4 Å². The molecule has 0 unspecified atom stereocenters. The van der Waals surface area contributed by atoms with Crippen LogP contribution in [0.3, 0.4) is 0 Å². The van der Waals surface area contributed by atoms with Gasteiger partial charge in [0.05, 0.1) is 0 Å². The highest BCUT2D eigenvalue weighted by atomic mass is 19.1. The van der Waals surface area contributed by atoms with Gasteiger partial charge in [0.2, 0.25) is 5.82 Å². The van der Waals surface area contributed by atoms with Crippen LogP contribution in [-0.4, -0.2) is 34.2 Å². The maximum absolute atomic E-state index is 15.3. The van der Waals surface area contributed by atoms with Crippen LogP contribution in [-0.2, 0) is 5.67 Å². The maximum atomic E-state index is 15.3. The van der Waals surface area contributed by atoms with Crippen LogP contribution in [0.15, 0.2) is 34.9 Å². The minimum absolute atomic E-state index is 0.126. The van der Waals surface area contributed by atoms with E-state index in [4.69, 9.17) is 4.52 Å². The van der Waals surface area contributed by atoms with Crippen LogP contribution >= 0.6 is 0 Å². The predicted octanol–water partition coefficient (Wildman–Crippen LogP) is 4.19. The molecule has 0 atom stereocenters. The zero-order valence-corrected chi connectivity index (χ0v) is 13.8. The van der Waals surface area contributed by atoms with Crippen LogP contribution in [0.25, 0.3) is 11.4 Å². The number of rotatable bonds is 5. The molecule has 23 heavy (non-hydrogen) atoms. The van der Waals surface area contributed by atoms with Crippen molar-refractivity contribution >= 4 is 0 Å². The molecule has 0 aliphatic carbocycles. The number of hydrogen-bond donors (Lipinski definition) is 0. The van der Waals surface area contributed by atoms with E-state index in [9.17, 15) is 0 Å². The highest BCUT2D eigenvalue weighted by Gasteiger charge is 2.42. The second-order valence-electron chi connectivity index (χ2n) is 6.26. The van der Waals surface area contributed by atoms with E-state index in [1.165, 1.54) is 0 Å². The summed E-state index contributed by atoms with van der Waals surface area (Å²) >= 11 is 0. The monoisotopic (exact) mass is 317 g/mol. The molecule has 0 spiro atoms. The van der Waals surface area contributed by atoms with Crippen LogP contribution in [0, 0.1) is 0 Å². The van der Waals surface area contributed by atoms with Crippen molar-refractivity contribution in [2.24, 2.45) is 0 Å². The van der Waals surface area contributed by atoms with E-state index in [-0.39, 0.29) is 5.89 Å². The molecule has 0 radical (unpaired) electrons. The quantitative estimate of drug-likeness (QED) is 0.829. The minimum Gasteiger partial charge on any atom is -0.335 e. The van der Waals surface area contributed by atoms with Crippen molar-refractivity contribution in [3.8, 4) is 11.4 Å². The Hall–Kier alpha value is -1.75. The summed E-state index contributed by atoms with van der Waals surface area (Å²) in [5.41, 5.74) is -0.650. The van der Waals surface area contributed by atoms with Crippen molar-refractivity contribution in [1.29, 1.82) is 0 Å². The highest BCUT2D eigenvalue weighted by Crippen LogP contribution is 2.37. The first kappa shape index (κ1) is 16.1. The first-order valence-corrected chi connectivity index (χ1v) is 8.49. The third-order valence-corrected chi connectivity index (χ3v) is 4.89. The summed E-state index contributed by atoms with van der Waals surface area (Å²) in [6.45, 7) is 5.86. The molecular formula is C18H24FN3O. The lowest BCUT2D eigenvalue weighted by atomic mass is 9.91. The van der Waals surface area contributed by atoms with E-state index in [1.54, 1.807) is 0 Å². The molecule has 1 aliphatic heterocycles. The lowest BCUT2D eigenvalue weighted by molar-refractivity contribution is 0.0109. The molecular weight excluding hydrogens is 293 g/mol. The third kappa shape index (κ3) is 3.29. The second-order valence-corrected chi connectivity index (χ2v) is 6.26. The molecule has 1 aromatic heterocycles. The number of alkyl halides is 1. The lowest BCUT2D eigenvalue weighted by Gasteiger charge is -2.38. The predicted molar refractivity (Wildman–Crippen MR) is 87.7 cm³/mol. The molecule has 0 bridgehead atoms. The van der Waals surface area contributed by atoms with Crippen LogP contribution in [0.5, 0.6) is 0 Å². The Kier molecular flexibility index (Phi) is 4.76. The lowest BCUT2D eigenvalue weighted by Crippen LogP contribution is -2.45. The Morgan fingerprint density at radius 2 is 1.83 bits per heavy atom. The molecule has 1 aromatic carbocycles. The highest BCUT2D eigenvalue weighted by molar-refractivity contribution is 5.53. The van der Waals surface area contributed by atoms with Gasteiger partial charge in [-0.3, -0.25) is 0 Å². The summed E-state index contributed by atoms with van der Waals surface area (Å²) in [5, 5.41) is 3.95. The largest absolute Gasteiger partial charge is 0.335 e. The van der Waals surface area contributed by atoms with Gasteiger partial charge < -0.3 is 9.42 Å².